The van der Waals surface area contributed by atoms with E-state index in [1.165, 1.54) is 12.1 Å². The summed E-state index contributed by atoms with van der Waals surface area (Å²) in [4.78, 5) is 2.13. The van der Waals surface area contributed by atoms with Gasteiger partial charge in [-0.25, -0.2) is 8.78 Å². The fourth-order valence-corrected chi connectivity index (χ4v) is 3.01. The van der Waals surface area contributed by atoms with Gasteiger partial charge in [-0.3, -0.25) is 4.90 Å². The number of likely N-dealkylation sites (tertiary alicyclic amines) is 1. The van der Waals surface area contributed by atoms with Crippen LogP contribution in [0.25, 0.3) is 0 Å². The van der Waals surface area contributed by atoms with E-state index in [0.29, 0.717) is 16.9 Å². The Bertz CT molecular complexity index is 425. The molecule has 2 unspecified atom stereocenters. The maximum atomic E-state index is 13.3. The van der Waals surface area contributed by atoms with Gasteiger partial charge in [-0.05, 0) is 43.6 Å². The Hall–Kier alpha value is -0.520. The normalized spacial score (nSPS) is 25.5. The Morgan fingerprint density at radius 1 is 1.41 bits per heavy atom. The molecule has 1 aromatic rings. The van der Waals surface area contributed by atoms with Crippen LogP contribution in [0.2, 0.25) is 0 Å². The highest BCUT2D eigenvalue weighted by Gasteiger charge is 2.31. The third-order valence-corrected chi connectivity index (χ3v) is 4.05. The Kier molecular flexibility index (Phi) is 3.80. The summed E-state index contributed by atoms with van der Waals surface area (Å²) < 4.78 is 26.9. The van der Waals surface area contributed by atoms with Gasteiger partial charge in [-0.15, -0.1) is 0 Å². The van der Waals surface area contributed by atoms with Gasteiger partial charge in [0.05, 0.1) is 0 Å². The molecule has 1 aromatic carbocycles. The molecule has 5 heteroatoms. The maximum absolute atomic E-state index is 13.3. The molecule has 94 valence electrons. The van der Waals surface area contributed by atoms with Gasteiger partial charge in [0.1, 0.15) is 0 Å². The lowest BCUT2D eigenvalue weighted by molar-refractivity contribution is 0.311. The predicted molar refractivity (Wildman–Crippen MR) is 66.6 cm³/mol. The van der Waals surface area contributed by atoms with Crippen LogP contribution in [0.1, 0.15) is 18.0 Å². The summed E-state index contributed by atoms with van der Waals surface area (Å²) in [5.74, 6) is -1.20. The third kappa shape index (κ3) is 2.51. The van der Waals surface area contributed by atoms with E-state index in [9.17, 15) is 8.78 Å². The van der Waals surface area contributed by atoms with Crippen LogP contribution in [0.3, 0.4) is 0 Å². The van der Waals surface area contributed by atoms with E-state index in [2.05, 4.69) is 20.8 Å². The molecule has 1 aliphatic rings. The minimum atomic E-state index is -0.823. The Labute approximate surface area is 108 Å². The van der Waals surface area contributed by atoms with E-state index in [1.54, 1.807) is 0 Å². The van der Waals surface area contributed by atoms with E-state index in [0.717, 1.165) is 18.5 Å². The second-order valence-corrected chi connectivity index (χ2v) is 5.43. The first-order valence-corrected chi connectivity index (χ1v) is 6.37. The Balaban J connectivity index is 2.31. The topological polar surface area (TPSA) is 29.3 Å². The highest BCUT2D eigenvalue weighted by molar-refractivity contribution is 9.10. The summed E-state index contributed by atoms with van der Waals surface area (Å²) in [5, 5.41) is 0. The van der Waals surface area contributed by atoms with Crippen molar-refractivity contribution in [3.05, 3.63) is 33.8 Å². The van der Waals surface area contributed by atoms with Gasteiger partial charge >= 0.3 is 0 Å². The minimum Gasteiger partial charge on any atom is -0.330 e. The highest BCUT2D eigenvalue weighted by Crippen LogP contribution is 2.37. The molecular formula is C12H15BrF2N2. The molecule has 1 saturated heterocycles. The second-order valence-electron chi connectivity index (χ2n) is 4.58. The van der Waals surface area contributed by atoms with E-state index < -0.39 is 11.6 Å². The van der Waals surface area contributed by atoms with Gasteiger partial charge in [0.25, 0.3) is 0 Å². The van der Waals surface area contributed by atoms with Gasteiger partial charge in [-0.1, -0.05) is 15.9 Å². The molecule has 0 saturated carbocycles. The van der Waals surface area contributed by atoms with E-state index >= 15 is 0 Å². The number of nitrogens with two attached hydrogens (primary N) is 1. The predicted octanol–water partition coefficient (Wildman–Crippen LogP) is 2.68. The van der Waals surface area contributed by atoms with Gasteiger partial charge in [0.2, 0.25) is 0 Å². The van der Waals surface area contributed by atoms with Crippen molar-refractivity contribution in [3.63, 3.8) is 0 Å². The summed E-state index contributed by atoms with van der Waals surface area (Å²) >= 11 is 3.30. The molecule has 1 fully saturated rings. The van der Waals surface area contributed by atoms with Gasteiger partial charge in [-0.2, -0.15) is 0 Å². The average molecular weight is 305 g/mol. The first-order valence-electron chi connectivity index (χ1n) is 5.57. The summed E-state index contributed by atoms with van der Waals surface area (Å²) in [6, 6.07) is 2.57. The highest BCUT2D eigenvalue weighted by atomic mass is 79.9. The quantitative estimate of drug-likeness (QED) is 0.851. The number of halogens is 3. The average Bonchev–Trinajstić information content (AvgIpc) is 2.65. The minimum absolute atomic E-state index is 0.105. The van der Waals surface area contributed by atoms with Crippen molar-refractivity contribution in [1.82, 2.24) is 4.90 Å². The summed E-state index contributed by atoms with van der Waals surface area (Å²) in [5.41, 5.74) is 6.45. The standard InChI is InChI=1S/C12H15BrF2N2/c1-17-6-7(5-16)2-12(17)8-3-10(14)11(15)4-9(8)13/h3-4,7,12H,2,5-6,16H2,1H3. The SMILES string of the molecule is CN1CC(CN)CC1c1cc(F)c(F)cc1Br. The fraction of sp³-hybridized carbons (Fsp3) is 0.500. The molecule has 0 amide bonds. The molecular weight excluding hydrogens is 290 g/mol. The molecule has 0 bridgehead atoms. The molecule has 0 aromatic heterocycles. The van der Waals surface area contributed by atoms with Crippen LogP contribution in [-0.2, 0) is 0 Å². The monoisotopic (exact) mass is 304 g/mol. The Morgan fingerprint density at radius 2 is 2.06 bits per heavy atom. The molecule has 2 rings (SSSR count). The molecule has 17 heavy (non-hydrogen) atoms. The van der Waals surface area contributed by atoms with Crippen LogP contribution in [0.15, 0.2) is 16.6 Å². The van der Waals surface area contributed by atoms with E-state index in [4.69, 9.17) is 5.73 Å². The van der Waals surface area contributed by atoms with Crippen LogP contribution in [0.5, 0.6) is 0 Å². The van der Waals surface area contributed by atoms with E-state index in [-0.39, 0.29) is 6.04 Å². The third-order valence-electron chi connectivity index (χ3n) is 3.37. The van der Waals surface area contributed by atoms with E-state index in [1.807, 2.05) is 7.05 Å². The second kappa shape index (κ2) is 5.00. The van der Waals surface area contributed by atoms with Gasteiger partial charge in [0.15, 0.2) is 11.6 Å². The molecule has 2 atom stereocenters. The van der Waals surface area contributed by atoms with Crippen LogP contribution in [-0.4, -0.2) is 25.0 Å². The Morgan fingerprint density at radius 3 is 2.65 bits per heavy atom. The van der Waals surface area contributed by atoms with Crippen LogP contribution in [0, 0.1) is 17.6 Å². The molecule has 2 N–H and O–H groups in total. The zero-order valence-electron chi connectivity index (χ0n) is 9.59. The molecule has 2 nitrogen and oxygen atoms in total. The zero-order chi connectivity index (χ0) is 12.6. The first kappa shape index (κ1) is 12.9. The molecule has 0 radical (unpaired) electrons. The summed E-state index contributed by atoms with van der Waals surface area (Å²) in [7, 11) is 1.98. The molecule has 0 spiro atoms. The van der Waals surface area contributed by atoms with Crippen molar-refractivity contribution >= 4 is 15.9 Å². The zero-order valence-corrected chi connectivity index (χ0v) is 11.2. The van der Waals surface area contributed by atoms with Gasteiger partial charge < -0.3 is 5.73 Å². The molecule has 1 heterocycles. The summed E-state index contributed by atoms with van der Waals surface area (Å²) in [6.45, 7) is 1.52. The van der Waals surface area contributed by atoms with Crippen molar-refractivity contribution in [1.29, 1.82) is 0 Å². The largest absolute Gasteiger partial charge is 0.330 e. The van der Waals surface area contributed by atoms with Crippen LogP contribution >= 0.6 is 15.9 Å². The lowest BCUT2D eigenvalue weighted by atomic mass is 10.00. The molecule has 0 aliphatic carbocycles. The number of hydrogen-bond acceptors (Lipinski definition) is 2. The van der Waals surface area contributed by atoms with Crippen molar-refractivity contribution in [2.24, 2.45) is 11.7 Å². The lowest BCUT2D eigenvalue weighted by Crippen LogP contribution is -2.20. The number of nitrogens with zero attached hydrogens (tertiary/aromatic N) is 1. The smallest absolute Gasteiger partial charge is 0.159 e. The first-order chi connectivity index (χ1) is 8.02. The summed E-state index contributed by atoms with van der Waals surface area (Å²) in [6.07, 6.45) is 0.886. The fourth-order valence-electron chi connectivity index (χ4n) is 2.43. The van der Waals surface area contributed by atoms with Crippen molar-refractivity contribution in [2.75, 3.05) is 20.1 Å². The van der Waals surface area contributed by atoms with Crippen molar-refractivity contribution < 1.29 is 8.78 Å². The van der Waals surface area contributed by atoms with Crippen molar-refractivity contribution in [2.45, 2.75) is 12.5 Å². The number of hydrogen-bond donors (Lipinski definition) is 1. The number of rotatable bonds is 2. The van der Waals surface area contributed by atoms with Crippen LogP contribution in [0.4, 0.5) is 8.78 Å². The van der Waals surface area contributed by atoms with Crippen LogP contribution < -0.4 is 5.73 Å². The van der Waals surface area contributed by atoms with Crippen molar-refractivity contribution in [3.8, 4) is 0 Å². The maximum Gasteiger partial charge on any atom is 0.159 e. The lowest BCUT2D eigenvalue weighted by Gasteiger charge is -2.21. The molecule has 1 aliphatic heterocycles. The van der Waals surface area contributed by atoms with Gasteiger partial charge in [0, 0.05) is 17.1 Å². The number of benzene rings is 1.